The van der Waals surface area contributed by atoms with Crippen molar-refractivity contribution >= 4 is 34.6 Å². The van der Waals surface area contributed by atoms with E-state index >= 15 is 0 Å². The second-order valence-corrected chi connectivity index (χ2v) is 6.51. The van der Waals surface area contributed by atoms with Crippen LogP contribution in [0.3, 0.4) is 0 Å². The van der Waals surface area contributed by atoms with Gasteiger partial charge in [0.15, 0.2) is 11.4 Å². The number of hydrogen-bond donors (Lipinski definition) is 3. The minimum atomic E-state index is -0.0994. The lowest BCUT2D eigenvalue weighted by molar-refractivity contribution is -0.115. The predicted molar refractivity (Wildman–Crippen MR) is 118 cm³/mol. The Morgan fingerprint density at radius 1 is 1.07 bits per heavy atom. The monoisotopic (exact) mass is 402 g/mol. The molecule has 2 heterocycles. The van der Waals surface area contributed by atoms with Crippen molar-refractivity contribution in [2.24, 2.45) is 0 Å². The van der Waals surface area contributed by atoms with Gasteiger partial charge in [-0.1, -0.05) is 37.3 Å². The summed E-state index contributed by atoms with van der Waals surface area (Å²) in [6, 6.07) is 19.1. The number of aromatic nitrogens is 3. The summed E-state index contributed by atoms with van der Waals surface area (Å²) < 4.78 is 7.66. The van der Waals surface area contributed by atoms with Gasteiger partial charge in [0, 0.05) is 19.5 Å². The van der Waals surface area contributed by atoms with Crippen molar-refractivity contribution in [1.82, 2.24) is 14.6 Å². The SMILES string of the molecule is CCC(=O)Nc1cnn2c(NC)cc(Nc3ccccc3Oc3ccccc3)nc12. The first-order valence-corrected chi connectivity index (χ1v) is 9.63. The van der Waals surface area contributed by atoms with Crippen LogP contribution in [0.25, 0.3) is 5.65 Å². The number of nitrogens with one attached hydrogen (secondary N) is 3. The Morgan fingerprint density at radius 3 is 2.60 bits per heavy atom. The van der Waals surface area contributed by atoms with E-state index in [4.69, 9.17) is 4.74 Å². The molecule has 8 heteroatoms. The normalized spacial score (nSPS) is 10.6. The summed E-state index contributed by atoms with van der Waals surface area (Å²) in [6.07, 6.45) is 1.96. The van der Waals surface area contributed by atoms with Crippen LogP contribution < -0.4 is 20.7 Å². The summed E-state index contributed by atoms with van der Waals surface area (Å²) in [5.41, 5.74) is 1.85. The van der Waals surface area contributed by atoms with Crippen LogP contribution in [0.15, 0.2) is 66.9 Å². The highest BCUT2D eigenvalue weighted by atomic mass is 16.5. The molecule has 0 bridgehead atoms. The standard InChI is InChI=1S/C22H22N6O2/c1-3-21(29)26-17-14-24-28-20(23-2)13-19(27-22(17)28)25-16-11-7-8-12-18(16)30-15-9-5-4-6-10-15/h4-14,23H,3H2,1-2H3,(H,25,27)(H,26,29). The van der Waals surface area contributed by atoms with Gasteiger partial charge in [-0.2, -0.15) is 9.61 Å². The molecule has 0 unspecified atom stereocenters. The molecular weight excluding hydrogens is 380 g/mol. The predicted octanol–water partition coefficient (Wildman–Crippen LogP) is 4.66. The summed E-state index contributed by atoms with van der Waals surface area (Å²) >= 11 is 0. The van der Waals surface area contributed by atoms with E-state index in [1.807, 2.05) is 60.7 Å². The molecule has 152 valence electrons. The van der Waals surface area contributed by atoms with Crippen LogP contribution in [0.2, 0.25) is 0 Å². The van der Waals surface area contributed by atoms with E-state index < -0.39 is 0 Å². The van der Waals surface area contributed by atoms with Gasteiger partial charge >= 0.3 is 0 Å². The van der Waals surface area contributed by atoms with Gasteiger partial charge in [0.2, 0.25) is 5.91 Å². The smallest absolute Gasteiger partial charge is 0.224 e. The number of nitrogens with zero attached hydrogens (tertiary/aromatic N) is 3. The maximum atomic E-state index is 11.8. The molecule has 0 radical (unpaired) electrons. The number of anilines is 4. The zero-order valence-electron chi connectivity index (χ0n) is 16.7. The van der Waals surface area contributed by atoms with E-state index in [1.54, 1.807) is 24.7 Å². The largest absolute Gasteiger partial charge is 0.455 e. The van der Waals surface area contributed by atoms with Gasteiger partial charge in [-0.15, -0.1) is 0 Å². The van der Waals surface area contributed by atoms with Crippen molar-refractivity contribution in [3.63, 3.8) is 0 Å². The Bertz CT molecular complexity index is 1170. The molecule has 0 fully saturated rings. The minimum Gasteiger partial charge on any atom is -0.455 e. The minimum absolute atomic E-state index is 0.0994. The number of ether oxygens (including phenoxy) is 1. The summed E-state index contributed by atoms with van der Waals surface area (Å²) in [4.78, 5) is 16.5. The Kier molecular flexibility index (Phi) is 5.47. The van der Waals surface area contributed by atoms with E-state index in [1.165, 1.54) is 0 Å². The fraction of sp³-hybridized carbons (Fsp3) is 0.136. The molecule has 3 N–H and O–H groups in total. The van der Waals surface area contributed by atoms with Crippen molar-refractivity contribution in [3.8, 4) is 11.5 Å². The van der Waals surface area contributed by atoms with Crippen molar-refractivity contribution in [3.05, 3.63) is 66.9 Å². The topological polar surface area (TPSA) is 92.6 Å². The van der Waals surface area contributed by atoms with Crippen LogP contribution in [0.4, 0.5) is 23.0 Å². The fourth-order valence-corrected chi connectivity index (χ4v) is 2.94. The van der Waals surface area contributed by atoms with Crippen molar-refractivity contribution in [1.29, 1.82) is 0 Å². The summed E-state index contributed by atoms with van der Waals surface area (Å²) in [5.74, 6) is 2.62. The van der Waals surface area contributed by atoms with Gasteiger partial charge < -0.3 is 20.7 Å². The lowest BCUT2D eigenvalue weighted by atomic mass is 10.3. The summed E-state index contributed by atoms with van der Waals surface area (Å²) in [5, 5.41) is 13.6. The van der Waals surface area contributed by atoms with E-state index in [0.29, 0.717) is 29.3 Å². The van der Waals surface area contributed by atoms with Gasteiger partial charge in [-0.25, -0.2) is 4.98 Å². The second-order valence-electron chi connectivity index (χ2n) is 6.51. The third-order valence-electron chi connectivity index (χ3n) is 4.44. The zero-order chi connectivity index (χ0) is 20.9. The molecule has 0 saturated carbocycles. The van der Waals surface area contributed by atoms with Crippen LogP contribution in [-0.4, -0.2) is 27.6 Å². The van der Waals surface area contributed by atoms with E-state index in [-0.39, 0.29) is 5.91 Å². The van der Waals surface area contributed by atoms with Gasteiger partial charge in [0.05, 0.1) is 11.9 Å². The lowest BCUT2D eigenvalue weighted by Crippen LogP contribution is -2.10. The number of amides is 1. The van der Waals surface area contributed by atoms with Crippen molar-refractivity contribution < 1.29 is 9.53 Å². The first-order chi connectivity index (χ1) is 14.7. The molecule has 2 aromatic carbocycles. The highest BCUT2D eigenvalue weighted by Crippen LogP contribution is 2.32. The number of hydrogen-bond acceptors (Lipinski definition) is 6. The van der Waals surface area contributed by atoms with Crippen LogP contribution in [0, 0.1) is 0 Å². The maximum absolute atomic E-state index is 11.8. The van der Waals surface area contributed by atoms with Crippen molar-refractivity contribution in [2.75, 3.05) is 23.0 Å². The first kappa shape index (κ1) is 19.3. The third kappa shape index (κ3) is 4.02. The number of para-hydroxylation sites is 3. The van der Waals surface area contributed by atoms with Crippen LogP contribution in [0.5, 0.6) is 11.5 Å². The zero-order valence-corrected chi connectivity index (χ0v) is 16.7. The molecule has 0 atom stereocenters. The molecule has 0 aliphatic rings. The van der Waals surface area contributed by atoms with Crippen molar-refractivity contribution in [2.45, 2.75) is 13.3 Å². The average Bonchev–Trinajstić information content (AvgIpc) is 3.17. The highest BCUT2D eigenvalue weighted by Gasteiger charge is 2.14. The molecule has 4 aromatic rings. The highest BCUT2D eigenvalue weighted by molar-refractivity contribution is 5.94. The molecule has 4 rings (SSSR count). The number of rotatable bonds is 7. The molecule has 30 heavy (non-hydrogen) atoms. The van der Waals surface area contributed by atoms with E-state index in [9.17, 15) is 4.79 Å². The Morgan fingerprint density at radius 2 is 1.83 bits per heavy atom. The van der Waals surface area contributed by atoms with Gasteiger partial charge in [0.25, 0.3) is 0 Å². The molecule has 0 aliphatic carbocycles. The van der Waals surface area contributed by atoms with Gasteiger partial charge in [-0.05, 0) is 24.3 Å². The summed E-state index contributed by atoms with van der Waals surface area (Å²) in [6.45, 7) is 1.80. The number of carbonyl (C=O) groups is 1. The third-order valence-corrected chi connectivity index (χ3v) is 4.44. The quantitative estimate of drug-likeness (QED) is 0.417. The lowest BCUT2D eigenvalue weighted by Gasteiger charge is -2.14. The average molecular weight is 402 g/mol. The molecular formula is C22H22N6O2. The Labute approximate surface area is 173 Å². The molecule has 0 aliphatic heterocycles. The number of benzene rings is 2. The first-order valence-electron chi connectivity index (χ1n) is 9.63. The summed E-state index contributed by atoms with van der Waals surface area (Å²) in [7, 11) is 1.80. The van der Waals surface area contributed by atoms with E-state index in [0.717, 1.165) is 17.3 Å². The molecule has 8 nitrogen and oxygen atoms in total. The van der Waals surface area contributed by atoms with Crippen LogP contribution in [0.1, 0.15) is 13.3 Å². The van der Waals surface area contributed by atoms with Crippen LogP contribution in [-0.2, 0) is 4.79 Å². The van der Waals surface area contributed by atoms with Gasteiger partial charge in [0.1, 0.15) is 23.1 Å². The maximum Gasteiger partial charge on any atom is 0.224 e. The van der Waals surface area contributed by atoms with E-state index in [2.05, 4.69) is 26.0 Å². The molecule has 0 spiro atoms. The fourth-order valence-electron chi connectivity index (χ4n) is 2.94. The molecule has 0 saturated heterocycles. The number of carbonyl (C=O) groups excluding carboxylic acids is 1. The molecule has 1 amide bonds. The van der Waals surface area contributed by atoms with Gasteiger partial charge in [-0.3, -0.25) is 4.79 Å². The Hall–Kier alpha value is -4.07. The Balaban J connectivity index is 1.69. The molecule has 2 aromatic heterocycles. The van der Waals surface area contributed by atoms with Crippen LogP contribution >= 0.6 is 0 Å². The number of fused-ring (bicyclic) bond motifs is 1. The second kappa shape index (κ2) is 8.52.